The lowest BCUT2D eigenvalue weighted by Gasteiger charge is -2.33. The summed E-state index contributed by atoms with van der Waals surface area (Å²) in [5.41, 5.74) is 10.7. The first kappa shape index (κ1) is 27.9. The van der Waals surface area contributed by atoms with E-state index in [1.807, 2.05) is 0 Å². The maximum absolute atomic E-state index is 2.30. The second kappa shape index (κ2) is 12.7. The molecule has 0 aliphatic carbocycles. The highest BCUT2D eigenvalue weighted by atomic mass is 15.1. The summed E-state index contributed by atoms with van der Waals surface area (Å²) in [5.74, 6) is -0.0490. The Bertz CT molecular complexity index is 1560. The van der Waals surface area contributed by atoms with Crippen molar-refractivity contribution in [2.75, 3.05) is 35.8 Å². The van der Waals surface area contributed by atoms with Gasteiger partial charge in [-0.2, -0.15) is 0 Å². The fourth-order valence-corrected chi connectivity index (χ4v) is 5.99. The summed E-state index contributed by atoms with van der Waals surface area (Å²) in [6.07, 6.45) is 0. The Morgan fingerprint density at radius 3 is 0.814 bits per heavy atom. The minimum atomic E-state index is -0.0490. The summed E-state index contributed by atoms with van der Waals surface area (Å²) in [4.78, 5) is 6.90. The van der Waals surface area contributed by atoms with Crippen molar-refractivity contribution < 1.29 is 0 Å². The van der Waals surface area contributed by atoms with Crippen LogP contribution in [0.1, 0.15) is 22.6 Å². The Morgan fingerprint density at radius 2 is 0.535 bits per heavy atom. The zero-order chi connectivity index (χ0) is 29.6. The Hall–Kier alpha value is -5.28. The molecule has 0 radical (unpaired) electrons. The number of anilines is 6. The van der Waals surface area contributed by atoms with Gasteiger partial charge in [0.25, 0.3) is 0 Å². The van der Waals surface area contributed by atoms with E-state index in [-0.39, 0.29) is 5.92 Å². The first-order valence-corrected chi connectivity index (χ1v) is 14.8. The molecule has 6 aromatic rings. The van der Waals surface area contributed by atoms with Crippen LogP contribution in [0.2, 0.25) is 0 Å². The van der Waals surface area contributed by atoms with Gasteiger partial charge in [-0.25, -0.2) is 0 Å². The molecule has 6 aromatic carbocycles. The Morgan fingerprint density at radius 1 is 0.302 bits per heavy atom. The minimum Gasteiger partial charge on any atom is -0.344 e. The van der Waals surface area contributed by atoms with E-state index in [0.29, 0.717) is 0 Å². The summed E-state index contributed by atoms with van der Waals surface area (Å²) in [6, 6.07) is 58.3. The van der Waals surface area contributed by atoms with E-state index in [2.05, 4.69) is 200 Å². The van der Waals surface area contributed by atoms with Gasteiger partial charge in [-0.1, -0.05) is 109 Å². The molecule has 0 unspecified atom stereocenters. The number of hydrogen-bond donors (Lipinski definition) is 0. The van der Waals surface area contributed by atoms with Crippen molar-refractivity contribution in [3.8, 4) is 0 Å². The molecule has 0 aliphatic heterocycles. The molecule has 43 heavy (non-hydrogen) atoms. The van der Waals surface area contributed by atoms with Gasteiger partial charge in [-0.15, -0.1) is 0 Å². The Kier molecular flexibility index (Phi) is 8.24. The molecule has 0 atom stereocenters. The van der Waals surface area contributed by atoms with Crippen molar-refractivity contribution >= 4 is 34.1 Å². The van der Waals surface area contributed by atoms with E-state index in [9.17, 15) is 0 Å². The normalized spacial score (nSPS) is 10.9. The van der Waals surface area contributed by atoms with E-state index in [0.717, 1.165) is 17.1 Å². The van der Waals surface area contributed by atoms with Crippen LogP contribution in [0.25, 0.3) is 0 Å². The predicted octanol–water partition coefficient (Wildman–Crippen LogP) is 10.2. The standard InChI is InChI=1S/C40H37N3/c1-41(31-19-7-4-8-20-31)37-28-16-13-25-34(37)40(35-26-14-17-29-38(35)42(2)32-21-9-5-10-22-32)36-27-15-18-30-39(36)43(3)33-23-11-6-12-24-33/h4-30,40H,1-3H3. The summed E-state index contributed by atoms with van der Waals surface area (Å²) in [6.45, 7) is 0. The lowest BCUT2D eigenvalue weighted by Crippen LogP contribution is -2.19. The van der Waals surface area contributed by atoms with E-state index >= 15 is 0 Å². The van der Waals surface area contributed by atoms with Crippen molar-refractivity contribution in [1.82, 2.24) is 0 Å². The van der Waals surface area contributed by atoms with Crippen LogP contribution in [0.15, 0.2) is 164 Å². The highest BCUT2D eigenvalue weighted by Crippen LogP contribution is 2.46. The highest BCUT2D eigenvalue weighted by Gasteiger charge is 2.28. The number of nitrogens with zero attached hydrogens (tertiary/aromatic N) is 3. The fraction of sp³-hybridized carbons (Fsp3) is 0.100. The zero-order valence-electron chi connectivity index (χ0n) is 25.0. The highest BCUT2D eigenvalue weighted by molar-refractivity contribution is 5.76. The molecule has 3 nitrogen and oxygen atoms in total. The molecule has 0 N–H and O–H groups in total. The van der Waals surface area contributed by atoms with Crippen LogP contribution in [0.3, 0.4) is 0 Å². The van der Waals surface area contributed by atoms with Crippen molar-refractivity contribution in [3.05, 3.63) is 180 Å². The van der Waals surface area contributed by atoms with Gasteiger partial charge in [0.2, 0.25) is 0 Å². The lowest BCUT2D eigenvalue weighted by molar-refractivity contribution is 0.948. The molecular weight excluding hydrogens is 522 g/mol. The topological polar surface area (TPSA) is 9.72 Å². The van der Waals surface area contributed by atoms with E-state index in [4.69, 9.17) is 0 Å². The second-order valence-electron chi connectivity index (χ2n) is 10.8. The lowest BCUT2D eigenvalue weighted by atomic mass is 9.81. The number of rotatable bonds is 9. The monoisotopic (exact) mass is 559 g/mol. The van der Waals surface area contributed by atoms with Crippen LogP contribution in [0.5, 0.6) is 0 Å². The fourth-order valence-electron chi connectivity index (χ4n) is 5.99. The summed E-state index contributed by atoms with van der Waals surface area (Å²) < 4.78 is 0. The Balaban J connectivity index is 1.59. The quantitative estimate of drug-likeness (QED) is 0.163. The molecule has 0 saturated heterocycles. The number of para-hydroxylation sites is 6. The molecule has 6 rings (SSSR count). The van der Waals surface area contributed by atoms with Crippen LogP contribution in [0.4, 0.5) is 34.1 Å². The molecule has 0 amide bonds. The first-order valence-electron chi connectivity index (χ1n) is 14.8. The van der Waals surface area contributed by atoms with Crippen molar-refractivity contribution in [2.24, 2.45) is 0 Å². The van der Waals surface area contributed by atoms with Gasteiger partial charge < -0.3 is 14.7 Å². The smallest absolute Gasteiger partial charge is 0.0450 e. The molecule has 0 bridgehead atoms. The Labute approximate surface area is 255 Å². The number of hydrogen-bond acceptors (Lipinski definition) is 3. The summed E-state index contributed by atoms with van der Waals surface area (Å²) >= 11 is 0. The molecule has 0 aromatic heterocycles. The van der Waals surface area contributed by atoms with Gasteiger partial charge in [0, 0.05) is 61.2 Å². The molecule has 212 valence electrons. The summed E-state index contributed by atoms with van der Waals surface area (Å²) in [5, 5.41) is 0. The summed E-state index contributed by atoms with van der Waals surface area (Å²) in [7, 11) is 6.49. The average molecular weight is 560 g/mol. The van der Waals surface area contributed by atoms with E-state index in [1.165, 1.54) is 33.8 Å². The van der Waals surface area contributed by atoms with Crippen molar-refractivity contribution in [2.45, 2.75) is 5.92 Å². The molecular formula is C40H37N3. The van der Waals surface area contributed by atoms with Gasteiger partial charge in [0.15, 0.2) is 0 Å². The van der Waals surface area contributed by atoms with Gasteiger partial charge in [0.1, 0.15) is 0 Å². The number of benzene rings is 6. The zero-order valence-corrected chi connectivity index (χ0v) is 25.0. The van der Waals surface area contributed by atoms with Crippen molar-refractivity contribution in [3.63, 3.8) is 0 Å². The van der Waals surface area contributed by atoms with Crippen molar-refractivity contribution in [1.29, 1.82) is 0 Å². The van der Waals surface area contributed by atoms with Gasteiger partial charge >= 0.3 is 0 Å². The van der Waals surface area contributed by atoms with Crippen LogP contribution in [0, 0.1) is 0 Å². The third-order valence-electron chi connectivity index (χ3n) is 8.26. The maximum Gasteiger partial charge on any atom is 0.0450 e. The third kappa shape index (κ3) is 5.75. The molecule has 0 spiro atoms. The second-order valence-corrected chi connectivity index (χ2v) is 10.8. The van der Waals surface area contributed by atoms with E-state index in [1.54, 1.807) is 0 Å². The van der Waals surface area contributed by atoms with E-state index < -0.39 is 0 Å². The molecule has 0 aliphatic rings. The minimum absolute atomic E-state index is 0.0490. The van der Waals surface area contributed by atoms with Crippen LogP contribution in [-0.2, 0) is 0 Å². The van der Waals surface area contributed by atoms with Crippen LogP contribution < -0.4 is 14.7 Å². The molecule has 0 saturated carbocycles. The van der Waals surface area contributed by atoms with Gasteiger partial charge in [-0.05, 0) is 71.3 Å². The molecule has 3 heteroatoms. The first-order chi connectivity index (χ1) is 21.1. The predicted molar refractivity (Wildman–Crippen MR) is 184 cm³/mol. The van der Waals surface area contributed by atoms with Crippen LogP contribution >= 0.6 is 0 Å². The molecule has 0 heterocycles. The largest absolute Gasteiger partial charge is 0.344 e. The maximum atomic E-state index is 2.30. The molecule has 0 fully saturated rings. The third-order valence-corrected chi connectivity index (χ3v) is 8.26. The van der Waals surface area contributed by atoms with Gasteiger partial charge in [0.05, 0.1) is 0 Å². The van der Waals surface area contributed by atoms with Gasteiger partial charge in [-0.3, -0.25) is 0 Å². The average Bonchev–Trinajstić information content (AvgIpc) is 3.09. The SMILES string of the molecule is CN(c1ccccc1)c1ccccc1C(c1ccccc1N(C)c1ccccc1)c1ccccc1N(C)c1ccccc1. The van der Waals surface area contributed by atoms with Crippen LogP contribution in [-0.4, -0.2) is 21.1 Å².